The average molecular weight is 430 g/mol. The van der Waals surface area contributed by atoms with Crippen molar-refractivity contribution in [1.82, 2.24) is 9.88 Å². The van der Waals surface area contributed by atoms with Gasteiger partial charge < -0.3 is 9.73 Å². The molecule has 0 fully saturated rings. The van der Waals surface area contributed by atoms with E-state index in [1.54, 1.807) is 12.3 Å². The van der Waals surface area contributed by atoms with Gasteiger partial charge in [0.2, 0.25) is 5.91 Å². The number of likely N-dealkylation sites (N-methyl/N-ethyl adjacent to an activating group) is 1. The fourth-order valence-electron chi connectivity index (χ4n) is 2.88. The number of nitrogens with one attached hydrogen (secondary N) is 1. The highest BCUT2D eigenvalue weighted by molar-refractivity contribution is 9.10. The molecule has 0 radical (unpaired) electrons. The van der Waals surface area contributed by atoms with E-state index in [0.717, 1.165) is 26.5 Å². The number of nitrogens with zero attached hydrogens (tertiary/aromatic N) is 2. The highest BCUT2D eigenvalue weighted by atomic mass is 79.9. The van der Waals surface area contributed by atoms with E-state index in [9.17, 15) is 9.59 Å². The second kappa shape index (κ2) is 8.02. The van der Waals surface area contributed by atoms with Gasteiger partial charge in [-0.25, -0.2) is 9.78 Å². The maximum atomic E-state index is 12.2. The Balaban J connectivity index is 1.75. The van der Waals surface area contributed by atoms with Crippen LogP contribution in [0.1, 0.15) is 16.7 Å². The number of amides is 1. The third kappa shape index (κ3) is 4.61. The molecule has 0 atom stereocenters. The second-order valence-corrected chi connectivity index (χ2v) is 7.47. The summed E-state index contributed by atoms with van der Waals surface area (Å²) in [6, 6.07) is 8.99. The Kier molecular flexibility index (Phi) is 5.72. The van der Waals surface area contributed by atoms with Gasteiger partial charge in [-0.3, -0.25) is 9.69 Å². The molecule has 7 heteroatoms. The van der Waals surface area contributed by atoms with E-state index in [1.165, 1.54) is 6.07 Å². The van der Waals surface area contributed by atoms with Gasteiger partial charge in [0.15, 0.2) is 0 Å². The topological polar surface area (TPSA) is 75.4 Å². The minimum atomic E-state index is -0.386. The van der Waals surface area contributed by atoms with Gasteiger partial charge in [-0.05, 0) is 65.6 Å². The standard InChI is InChI=1S/C20H20BrN3O3/c1-12-4-6-16-14(8-19(26)27-20(16)13(12)2)10-24(3)11-18(25)23-17-7-5-15(21)9-22-17/h4-9H,10-11H2,1-3H3,(H,22,23,25). The number of hydrogen-bond donors (Lipinski definition) is 1. The van der Waals surface area contributed by atoms with Crippen molar-refractivity contribution in [2.45, 2.75) is 20.4 Å². The predicted octanol–water partition coefficient (Wildman–Crippen LogP) is 3.64. The summed E-state index contributed by atoms with van der Waals surface area (Å²) in [5.41, 5.74) is 3.07. The highest BCUT2D eigenvalue weighted by Crippen LogP contribution is 2.24. The molecule has 0 aliphatic carbocycles. The number of pyridine rings is 1. The van der Waals surface area contributed by atoms with Crippen molar-refractivity contribution in [2.75, 3.05) is 18.9 Å². The van der Waals surface area contributed by atoms with Crippen LogP contribution in [0.25, 0.3) is 11.0 Å². The SMILES string of the molecule is Cc1ccc2c(CN(C)CC(=O)Nc3ccc(Br)cn3)cc(=O)oc2c1C. The molecule has 27 heavy (non-hydrogen) atoms. The van der Waals surface area contributed by atoms with E-state index < -0.39 is 0 Å². The number of carbonyl (C=O) groups excluding carboxylic acids is 1. The van der Waals surface area contributed by atoms with Gasteiger partial charge in [0.25, 0.3) is 0 Å². The first kappa shape index (κ1) is 19.3. The molecule has 2 heterocycles. The molecule has 1 aromatic carbocycles. The van der Waals surface area contributed by atoms with Crippen LogP contribution < -0.4 is 10.9 Å². The summed E-state index contributed by atoms with van der Waals surface area (Å²) in [6.45, 7) is 4.54. The smallest absolute Gasteiger partial charge is 0.336 e. The monoisotopic (exact) mass is 429 g/mol. The molecule has 1 N–H and O–H groups in total. The largest absolute Gasteiger partial charge is 0.422 e. The van der Waals surface area contributed by atoms with Crippen molar-refractivity contribution >= 4 is 38.6 Å². The van der Waals surface area contributed by atoms with Gasteiger partial charge >= 0.3 is 5.63 Å². The van der Waals surface area contributed by atoms with Gasteiger partial charge in [0, 0.05) is 28.7 Å². The van der Waals surface area contributed by atoms with Crippen LogP contribution in [-0.2, 0) is 11.3 Å². The van der Waals surface area contributed by atoms with Crippen molar-refractivity contribution in [3.05, 3.63) is 68.1 Å². The summed E-state index contributed by atoms with van der Waals surface area (Å²) < 4.78 is 6.25. The molecule has 0 saturated carbocycles. The molecule has 6 nitrogen and oxygen atoms in total. The molecule has 0 aliphatic rings. The summed E-state index contributed by atoms with van der Waals surface area (Å²) in [6.07, 6.45) is 1.62. The summed E-state index contributed by atoms with van der Waals surface area (Å²) >= 11 is 3.31. The Morgan fingerprint density at radius 3 is 2.74 bits per heavy atom. The Labute approximate surface area is 165 Å². The fourth-order valence-corrected chi connectivity index (χ4v) is 3.11. The maximum absolute atomic E-state index is 12.2. The van der Waals surface area contributed by atoms with Crippen molar-refractivity contribution < 1.29 is 9.21 Å². The van der Waals surface area contributed by atoms with Crippen LogP contribution in [0, 0.1) is 13.8 Å². The first-order valence-electron chi connectivity index (χ1n) is 8.46. The summed E-state index contributed by atoms with van der Waals surface area (Å²) in [4.78, 5) is 30.2. The molecule has 0 spiro atoms. The van der Waals surface area contributed by atoms with Crippen LogP contribution in [0.15, 0.2) is 50.2 Å². The van der Waals surface area contributed by atoms with Crippen LogP contribution in [0.4, 0.5) is 5.82 Å². The number of carbonyl (C=O) groups is 1. The highest BCUT2D eigenvalue weighted by Gasteiger charge is 2.13. The predicted molar refractivity (Wildman–Crippen MR) is 109 cm³/mol. The second-order valence-electron chi connectivity index (χ2n) is 6.56. The van der Waals surface area contributed by atoms with Crippen molar-refractivity contribution in [3.8, 4) is 0 Å². The average Bonchev–Trinajstić information content (AvgIpc) is 2.60. The van der Waals surface area contributed by atoms with Crippen LogP contribution in [-0.4, -0.2) is 29.4 Å². The number of fused-ring (bicyclic) bond motifs is 1. The molecule has 0 saturated heterocycles. The first-order chi connectivity index (χ1) is 12.8. The number of hydrogen-bond acceptors (Lipinski definition) is 5. The Hall–Kier alpha value is -2.51. The lowest BCUT2D eigenvalue weighted by Gasteiger charge is -2.17. The molecule has 0 unspecified atom stereocenters. The van der Waals surface area contributed by atoms with E-state index in [1.807, 2.05) is 44.0 Å². The zero-order valence-electron chi connectivity index (χ0n) is 15.4. The number of aromatic nitrogens is 1. The number of anilines is 1. The Morgan fingerprint density at radius 2 is 2.04 bits per heavy atom. The van der Waals surface area contributed by atoms with Gasteiger partial charge in [-0.15, -0.1) is 0 Å². The minimum absolute atomic E-state index is 0.171. The fraction of sp³-hybridized carbons (Fsp3) is 0.250. The quantitative estimate of drug-likeness (QED) is 0.626. The van der Waals surface area contributed by atoms with E-state index >= 15 is 0 Å². The first-order valence-corrected chi connectivity index (χ1v) is 9.25. The van der Waals surface area contributed by atoms with Crippen LogP contribution >= 0.6 is 15.9 Å². The van der Waals surface area contributed by atoms with Crippen LogP contribution in [0.2, 0.25) is 0 Å². The van der Waals surface area contributed by atoms with Gasteiger partial charge in [-0.1, -0.05) is 12.1 Å². The molecule has 0 bridgehead atoms. The Morgan fingerprint density at radius 1 is 1.26 bits per heavy atom. The van der Waals surface area contributed by atoms with Crippen molar-refractivity contribution in [1.29, 1.82) is 0 Å². The van der Waals surface area contributed by atoms with Gasteiger partial charge in [-0.2, -0.15) is 0 Å². The van der Waals surface area contributed by atoms with E-state index in [-0.39, 0.29) is 18.1 Å². The molecule has 1 amide bonds. The van der Waals surface area contributed by atoms with Crippen molar-refractivity contribution in [2.24, 2.45) is 0 Å². The van der Waals surface area contributed by atoms with Crippen molar-refractivity contribution in [3.63, 3.8) is 0 Å². The summed E-state index contributed by atoms with van der Waals surface area (Å²) in [5.74, 6) is 0.320. The number of halogens is 1. The molecular weight excluding hydrogens is 410 g/mol. The molecule has 3 rings (SSSR count). The summed E-state index contributed by atoms with van der Waals surface area (Å²) in [5, 5.41) is 3.65. The van der Waals surface area contributed by atoms with Gasteiger partial charge in [0.1, 0.15) is 11.4 Å². The molecular formula is C20H20BrN3O3. The zero-order valence-corrected chi connectivity index (χ0v) is 17.0. The van der Waals surface area contributed by atoms with E-state index in [4.69, 9.17) is 4.42 Å². The third-order valence-corrected chi connectivity index (χ3v) is 4.84. The lowest BCUT2D eigenvalue weighted by atomic mass is 10.0. The number of rotatable bonds is 5. The number of benzene rings is 1. The van der Waals surface area contributed by atoms with Gasteiger partial charge in [0.05, 0.1) is 6.54 Å². The molecule has 140 valence electrons. The molecule has 3 aromatic rings. The normalized spacial score (nSPS) is 11.1. The van der Waals surface area contributed by atoms with Crippen LogP contribution in [0.3, 0.4) is 0 Å². The zero-order chi connectivity index (χ0) is 19.6. The lowest BCUT2D eigenvalue weighted by molar-refractivity contribution is -0.117. The van der Waals surface area contributed by atoms with E-state index in [2.05, 4.69) is 26.2 Å². The maximum Gasteiger partial charge on any atom is 0.336 e. The third-order valence-electron chi connectivity index (χ3n) is 4.37. The Bertz CT molecular complexity index is 1040. The summed E-state index contributed by atoms with van der Waals surface area (Å²) in [7, 11) is 1.83. The molecule has 2 aromatic heterocycles. The molecule has 0 aliphatic heterocycles. The van der Waals surface area contributed by atoms with E-state index in [0.29, 0.717) is 17.9 Å². The van der Waals surface area contributed by atoms with Crippen LogP contribution in [0.5, 0.6) is 0 Å². The minimum Gasteiger partial charge on any atom is -0.422 e. The number of aryl methyl sites for hydroxylation is 2. The lowest BCUT2D eigenvalue weighted by Crippen LogP contribution is -2.30.